The van der Waals surface area contributed by atoms with Gasteiger partial charge in [-0.1, -0.05) is 51.5 Å². The number of carbonyl (C=O) groups is 3. The van der Waals surface area contributed by atoms with Crippen molar-refractivity contribution in [1.29, 1.82) is 0 Å². The van der Waals surface area contributed by atoms with Gasteiger partial charge >= 0.3 is 6.09 Å². The molecule has 1 rings (SSSR count). The maximum absolute atomic E-state index is 13.8. The quantitative estimate of drug-likeness (QED) is 0.450. The lowest BCUT2D eigenvalue weighted by Crippen LogP contribution is -2.56. The van der Waals surface area contributed by atoms with Crippen LogP contribution < -0.4 is 10.6 Å². The van der Waals surface area contributed by atoms with E-state index in [1.54, 1.807) is 20.8 Å². The highest BCUT2D eigenvalue weighted by molar-refractivity contribution is 5.92. The molecule has 0 fully saturated rings. The van der Waals surface area contributed by atoms with Crippen LogP contribution in [0.25, 0.3) is 0 Å². The SMILES string of the molecule is CCCC(C)NC(=O)C(c1ccccc1C)N(CCO)C(=O)C(NC(=O)OC(C)(C)C)C(C)C. The molecule has 3 N–H and O–H groups in total. The molecule has 3 amide bonds. The number of carbonyl (C=O) groups excluding carboxylic acids is 3. The van der Waals surface area contributed by atoms with Gasteiger partial charge in [0.05, 0.1) is 6.61 Å². The lowest BCUT2D eigenvalue weighted by molar-refractivity contribution is -0.144. The highest BCUT2D eigenvalue weighted by atomic mass is 16.6. The summed E-state index contributed by atoms with van der Waals surface area (Å²) in [6.45, 7) is 14.3. The monoisotopic (exact) mass is 477 g/mol. The van der Waals surface area contributed by atoms with E-state index in [0.717, 1.165) is 18.4 Å². The van der Waals surface area contributed by atoms with Crippen molar-refractivity contribution in [3.05, 3.63) is 35.4 Å². The number of amides is 3. The van der Waals surface area contributed by atoms with Crippen LogP contribution in [0.15, 0.2) is 24.3 Å². The van der Waals surface area contributed by atoms with Crippen LogP contribution in [0.5, 0.6) is 0 Å². The predicted molar refractivity (Wildman–Crippen MR) is 133 cm³/mol. The maximum Gasteiger partial charge on any atom is 0.408 e. The van der Waals surface area contributed by atoms with E-state index in [9.17, 15) is 19.5 Å². The molecule has 0 aliphatic heterocycles. The van der Waals surface area contributed by atoms with E-state index < -0.39 is 29.7 Å². The second kappa shape index (κ2) is 13.3. The van der Waals surface area contributed by atoms with Crippen LogP contribution in [0.4, 0.5) is 4.79 Å². The number of aryl methyl sites for hydroxylation is 1. The number of ether oxygens (including phenoxy) is 1. The Kier molecular flexibility index (Phi) is 11.5. The lowest BCUT2D eigenvalue weighted by Gasteiger charge is -2.36. The molecule has 0 radical (unpaired) electrons. The number of rotatable bonds is 11. The Hall–Kier alpha value is -2.61. The number of benzene rings is 1. The van der Waals surface area contributed by atoms with E-state index in [2.05, 4.69) is 10.6 Å². The van der Waals surface area contributed by atoms with Crippen molar-refractivity contribution in [3.8, 4) is 0 Å². The summed E-state index contributed by atoms with van der Waals surface area (Å²) in [5.41, 5.74) is 0.798. The fourth-order valence-electron chi connectivity index (χ4n) is 3.77. The summed E-state index contributed by atoms with van der Waals surface area (Å²) < 4.78 is 5.35. The number of aliphatic hydroxyl groups is 1. The van der Waals surface area contributed by atoms with Crippen molar-refractivity contribution in [2.45, 2.75) is 92.0 Å². The Bertz CT molecular complexity index is 819. The number of aliphatic hydroxyl groups excluding tert-OH is 1. The molecule has 192 valence electrons. The fourth-order valence-corrected chi connectivity index (χ4v) is 3.77. The smallest absolute Gasteiger partial charge is 0.408 e. The Labute approximate surface area is 204 Å². The zero-order valence-electron chi connectivity index (χ0n) is 22.0. The zero-order valence-corrected chi connectivity index (χ0v) is 22.0. The van der Waals surface area contributed by atoms with E-state index in [1.807, 2.05) is 58.9 Å². The third-order valence-corrected chi connectivity index (χ3v) is 5.38. The van der Waals surface area contributed by atoms with E-state index in [0.29, 0.717) is 5.56 Å². The molecular formula is C26H43N3O5. The van der Waals surface area contributed by atoms with Gasteiger partial charge < -0.3 is 25.4 Å². The van der Waals surface area contributed by atoms with Gasteiger partial charge in [-0.15, -0.1) is 0 Å². The number of hydrogen-bond donors (Lipinski definition) is 3. The number of nitrogens with zero attached hydrogens (tertiary/aromatic N) is 1. The van der Waals surface area contributed by atoms with Gasteiger partial charge in [-0.3, -0.25) is 9.59 Å². The van der Waals surface area contributed by atoms with E-state index >= 15 is 0 Å². The summed E-state index contributed by atoms with van der Waals surface area (Å²) in [5.74, 6) is -1.06. The first-order valence-corrected chi connectivity index (χ1v) is 12.1. The van der Waals surface area contributed by atoms with Gasteiger partial charge in [0.15, 0.2) is 0 Å². The topological polar surface area (TPSA) is 108 Å². The number of alkyl carbamates (subject to hydrolysis) is 1. The molecule has 0 aliphatic rings. The number of nitrogens with one attached hydrogen (secondary N) is 2. The van der Waals surface area contributed by atoms with E-state index in [1.165, 1.54) is 4.90 Å². The molecule has 0 heterocycles. The van der Waals surface area contributed by atoms with Gasteiger partial charge in [0, 0.05) is 12.6 Å². The molecule has 0 aliphatic carbocycles. The lowest BCUT2D eigenvalue weighted by atomic mass is 9.96. The van der Waals surface area contributed by atoms with Gasteiger partial charge in [-0.25, -0.2) is 4.79 Å². The van der Waals surface area contributed by atoms with Crippen molar-refractivity contribution in [3.63, 3.8) is 0 Å². The third-order valence-electron chi connectivity index (χ3n) is 5.38. The molecular weight excluding hydrogens is 434 g/mol. The first kappa shape index (κ1) is 29.4. The van der Waals surface area contributed by atoms with Crippen LogP contribution in [0.1, 0.15) is 78.5 Å². The maximum atomic E-state index is 13.8. The average Bonchev–Trinajstić information content (AvgIpc) is 2.71. The second-order valence-corrected chi connectivity index (χ2v) is 10.1. The Morgan fingerprint density at radius 3 is 2.21 bits per heavy atom. The Morgan fingerprint density at radius 1 is 1.09 bits per heavy atom. The van der Waals surface area contributed by atoms with Crippen molar-refractivity contribution in [2.24, 2.45) is 5.92 Å². The highest BCUT2D eigenvalue weighted by Crippen LogP contribution is 2.26. The van der Waals surface area contributed by atoms with Gasteiger partial charge in [0.25, 0.3) is 0 Å². The molecule has 3 unspecified atom stereocenters. The summed E-state index contributed by atoms with van der Waals surface area (Å²) in [6, 6.07) is 5.41. The average molecular weight is 478 g/mol. The van der Waals surface area contributed by atoms with Crippen molar-refractivity contribution >= 4 is 17.9 Å². The van der Waals surface area contributed by atoms with Gasteiger partial charge in [-0.2, -0.15) is 0 Å². The summed E-state index contributed by atoms with van der Waals surface area (Å²) >= 11 is 0. The summed E-state index contributed by atoms with van der Waals surface area (Å²) in [7, 11) is 0. The Morgan fingerprint density at radius 2 is 1.71 bits per heavy atom. The molecule has 3 atom stereocenters. The minimum absolute atomic E-state index is 0.0629. The van der Waals surface area contributed by atoms with Crippen LogP contribution in [-0.4, -0.2) is 58.8 Å². The molecule has 8 nitrogen and oxygen atoms in total. The molecule has 1 aromatic carbocycles. The van der Waals surface area contributed by atoms with Crippen molar-refractivity contribution < 1.29 is 24.2 Å². The third kappa shape index (κ3) is 8.97. The van der Waals surface area contributed by atoms with Crippen LogP contribution >= 0.6 is 0 Å². The molecule has 0 saturated carbocycles. The summed E-state index contributed by atoms with van der Waals surface area (Å²) in [4.78, 5) is 41.1. The van der Waals surface area contributed by atoms with Crippen LogP contribution in [0, 0.1) is 12.8 Å². The minimum atomic E-state index is -0.957. The molecule has 0 spiro atoms. The second-order valence-electron chi connectivity index (χ2n) is 10.1. The van der Waals surface area contributed by atoms with Crippen molar-refractivity contribution in [2.75, 3.05) is 13.2 Å². The van der Waals surface area contributed by atoms with E-state index in [-0.39, 0.29) is 31.0 Å². The fraction of sp³-hybridized carbons (Fsp3) is 0.654. The van der Waals surface area contributed by atoms with Gasteiger partial charge in [0.2, 0.25) is 11.8 Å². The van der Waals surface area contributed by atoms with Crippen molar-refractivity contribution in [1.82, 2.24) is 15.5 Å². The Balaban J connectivity index is 3.41. The van der Waals surface area contributed by atoms with Crippen LogP contribution in [0.2, 0.25) is 0 Å². The van der Waals surface area contributed by atoms with E-state index in [4.69, 9.17) is 4.74 Å². The summed E-state index contributed by atoms with van der Waals surface area (Å²) in [5, 5.41) is 15.5. The molecule has 8 heteroatoms. The molecule has 0 bridgehead atoms. The zero-order chi connectivity index (χ0) is 26.1. The highest BCUT2D eigenvalue weighted by Gasteiger charge is 2.38. The number of hydrogen-bond acceptors (Lipinski definition) is 5. The predicted octanol–water partition coefficient (Wildman–Crippen LogP) is 3.71. The largest absolute Gasteiger partial charge is 0.444 e. The van der Waals surface area contributed by atoms with Gasteiger partial charge in [-0.05, 0) is 58.1 Å². The standard InChI is InChI=1S/C26H43N3O5/c1-9-12-19(5)27-23(31)22(20-14-11-10-13-18(20)4)29(15-16-30)24(32)21(17(2)3)28-25(33)34-26(6,7)8/h10-11,13-14,17,19,21-22,30H,9,12,15-16H2,1-8H3,(H,27,31)(H,28,33). The normalized spacial score (nSPS) is 14.2. The molecule has 0 aromatic heterocycles. The molecule has 0 saturated heterocycles. The summed E-state index contributed by atoms with van der Waals surface area (Å²) in [6.07, 6.45) is 0.997. The first-order chi connectivity index (χ1) is 15.8. The molecule has 1 aromatic rings. The van der Waals surface area contributed by atoms with Crippen LogP contribution in [-0.2, 0) is 14.3 Å². The molecule has 34 heavy (non-hydrogen) atoms. The first-order valence-electron chi connectivity index (χ1n) is 12.1. The van der Waals surface area contributed by atoms with Gasteiger partial charge in [0.1, 0.15) is 17.7 Å². The minimum Gasteiger partial charge on any atom is -0.444 e. The van der Waals surface area contributed by atoms with Crippen LogP contribution in [0.3, 0.4) is 0 Å².